The van der Waals surface area contributed by atoms with Gasteiger partial charge in [-0.15, -0.1) is 24.0 Å². The van der Waals surface area contributed by atoms with Crippen LogP contribution in [0.5, 0.6) is 0 Å². The SMILES string of the molecule is CN=C(NCc1cccc(Cn2ccnc2)c1)N1CCC(C)(C)C1.I. The van der Waals surface area contributed by atoms with Crippen LogP contribution in [-0.4, -0.2) is 40.5 Å². The second-order valence-corrected chi connectivity index (χ2v) is 7.29. The number of hydrogen-bond acceptors (Lipinski definition) is 2. The lowest BCUT2D eigenvalue weighted by Crippen LogP contribution is -2.40. The highest BCUT2D eigenvalue weighted by molar-refractivity contribution is 14.0. The van der Waals surface area contributed by atoms with E-state index in [1.807, 2.05) is 25.8 Å². The number of likely N-dealkylation sites (tertiary alicyclic amines) is 1. The summed E-state index contributed by atoms with van der Waals surface area (Å²) in [6.45, 7) is 8.42. The third-order valence-corrected chi connectivity index (χ3v) is 4.56. The first kappa shape index (κ1) is 19.8. The van der Waals surface area contributed by atoms with Gasteiger partial charge in [0.2, 0.25) is 0 Å². The molecule has 1 aliphatic rings. The summed E-state index contributed by atoms with van der Waals surface area (Å²) in [6.07, 6.45) is 6.87. The minimum absolute atomic E-state index is 0. The molecule has 0 unspecified atom stereocenters. The molecule has 1 N–H and O–H groups in total. The number of hydrogen-bond donors (Lipinski definition) is 1. The topological polar surface area (TPSA) is 45.5 Å². The lowest BCUT2D eigenvalue weighted by atomic mass is 9.93. The molecule has 0 spiro atoms. The Bertz CT molecular complexity index is 694. The Kier molecular flexibility index (Phi) is 6.87. The summed E-state index contributed by atoms with van der Waals surface area (Å²) in [7, 11) is 1.86. The average Bonchev–Trinajstić information content (AvgIpc) is 3.18. The van der Waals surface area contributed by atoms with Gasteiger partial charge in [0.15, 0.2) is 5.96 Å². The van der Waals surface area contributed by atoms with Crippen molar-refractivity contribution in [3.05, 3.63) is 54.1 Å². The third-order valence-electron chi connectivity index (χ3n) is 4.56. The van der Waals surface area contributed by atoms with E-state index in [4.69, 9.17) is 0 Å². The molecule has 25 heavy (non-hydrogen) atoms. The smallest absolute Gasteiger partial charge is 0.193 e. The molecule has 3 rings (SSSR count). The lowest BCUT2D eigenvalue weighted by molar-refractivity contribution is 0.370. The van der Waals surface area contributed by atoms with E-state index in [1.165, 1.54) is 17.5 Å². The molecule has 0 radical (unpaired) electrons. The van der Waals surface area contributed by atoms with E-state index in [0.29, 0.717) is 5.41 Å². The summed E-state index contributed by atoms with van der Waals surface area (Å²) < 4.78 is 2.08. The summed E-state index contributed by atoms with van der Waals surface area (Å²) in [6, 6.07) is 8.67. The fraction of sp³-hybridized carbons (Fsp3) is 0.474. The zero-order valence-electron chi connectivity index (χ0n) is 15.3. The van der Waals surface area contributed by atoms with Crippen LogP contribution in [0.3, 0.4) is 0 Å². The van der Waals surface area contributed by atoms with Crippen LogP contribution in [0.25, 0.3) is 0 Å². The molecular weight excluding hydrogens is 425 g/mol. The first-order valence-corrected chi connectivity index (χ1v) is 8.55. The van der Waals surface area contributed by atoms with E-state index < -0.39 is 0 Å². The van der Waals surface area contributed by atoms with E-state index >= 15 is 0 Å². The number of aromatic nitrogens is 2. The summed E-state index contributed by atoms with van der Waals surface area (Å²) in [4.78, 5) is 10.9. The number of nitrogens with one attached hydrogen (secondary N) is 1. The summed E-state index contributed by atoms with van der Waals surface area (Å²) in [5, 5.41) is 3.51. The number of aliphatic imine (C=N–C) groups is 1. The van der Waals surface area contributed by atoms with Crippen molar-refractivity contribution in [2.75, 3.05) is 20.1 Å². The Morgan fingerprint density at radius 3 is 2.76 bits per heavy atom. The van der Waals surface area contributed by atoms with Crippen molar-refractivity contribution in [2.45, 2.75) is 33.4 Å². The zero-order chi connectivity index (χ0) is 17.0. The predicted molar refractivity (Wildman–Crippen MR) is 113 cm³/mol. The van der Waals surface area contributed by atoms with Gasteiger partial charge >= 0.3 is 0 Å². The fourth-order valence-electron chi connectivity index (χ4n) is 3.24. The van der Waals surface area contributed by atoms with E-state index in [-0.39, 0.29) is 24.0 Å². The van der Waals surface area contributed by atoms with Crippen molar-refractivity contribution >= 4 is 29.9 Å². The van der Waals surface area contributed by atoms with Crippen LogP contribution in [0.1, 0.15) is 31.4 Å². The van der Waals surface area contributed by atoms with E-state index in [9.17, 15) is 0 Å². The summed E-state index contributed by atoms with van der Waals surface area (Å²) >= 11 is 0. The van der Waals surface area contributed by atoms with Gasteiger partial charge in [-0.25, -0.2) is 4.98 Å². The summed E-state index contributed by atoms with van der Waals surface area (Å²) in [5.41, 5.74) is 2.93. The maximum absolute atomic E-state index is 4.45. The van der Waals surface area contributed by atoms with Gasteiger partial charge in [0.25, 0.3) is 0 Å². The molecule has 136 valence electrons. The number of benzene rings is 1. The highest BCUT2D eigenvalue weighted by Crippen LogP contribution is 2.28. The Morgan fingerprint density at radius 2 is 2.12 bits per heavy atom. The predicted octanol–water partition coefficient (Wildman–Crippen LogP) is 3.36. The number of guanidine groups is 1. The molecule has 2 aromatic rings. The minimum atomic E-state index is 0. The molecule has 2 heterocycles. The van der Waals surface area contributed by atoms with Gasteiger partial charge in [-0.2, -0.15) is 0 Å². The number of rotatable bonds is 4. The van der Waals surface area contributed by atoms with Gasteiger partial charge in [-0.05, 0) is 23.0 Å². The van der Waals surface area contributed by atoms with Crippen molar-refractivity contribution in [2.24, 2.45) is 10.4 Å². The number of nitrogens with zero attached hydrogens (tertiary/aromatic N) is 4. The molecule has 0 aliphatic carbocycles. The first-order valence-electron chi connectivity index (χ1n) is 8.55. The van der Waals surface area contributed by atoms with Crippen LogP contribution in [0.15, 0.2) is 48.0 Å². The van der Waals surface area contributed by atoms with Gasteiger partial charge in [0, 0.05) is 45.6 Å². The highest BCUT2D eigenvalue weighted by atomic mass is 127. The molecule has 1 fully saturated rings. The van der Waals surface area contributed by atoms with E-state index in [1.54, 1.807) is 0 Å². The van der Waals surface area contributed by atoms with Crippen LogP contribution >= 0.6 is 24.0 Å². The molecule has 0 saturated carbocycles. The van der Waals surface area contributed by atoms with Crippen LogP contribution in [-0.2, 0) is 13.1 Å². The Labute approximate surface area is 167 Å². The molecular formula is C19H28IN5. The third kappa shape index (κ3) is 5.45. The summed E-state index contributed by atoms with van der Waals surface area (Å²) in [5.74, 6) is 1.00. The van der Waals surface area contributed by atoms with Crippen LogP contribution in [0, 0.1) is 5.41 Å². The van der Waals surface area contributed by atoms with Crippen LogP contribution in [0.2, 0.25) is 0 Å². The van der Waals surface area contributed by atoms with Crippen molar-refractivity contribution < 1.29 is 0 Å². The van der Waals surface area contributed by atoms with Crippen molar-refractivity contribution in [1.29, 1.82) is 0 Å². The maximum atomic E-state index is 4.45. The van der Waals surface area contributed by atoms with Crippen LogP contribution < -0.4 is 5.32 Å². The van der Waals surface area contributed by atoms with Gasteiger partial charge in [-0.1, -0.05) is 38.1 Å². The molecule has 0 atom stereocenters. The number of imidazole rings is 1. The Balaban J connectivity index is 0.00000225. The van der Waals surface area contributed by atoms with Gasteiger partial charge in [-0.3, -0.25) is 4.99 Å². The van der Waals surface area contributed by atoms with Crippen molar-refractivity contribution in [3.63, 3.8) is 0 Å². The molecule has 1 aliphatic heterocycles. The van der Waals surface area contributed by atoms with Crippen molar-refractivity contribution in [3.8, 4) is 0 Å². The Hall–Kier alpha value is -1.57. The molecule has 0 bridgehead atoms. The second kappa shape index (κ2) is 8.69. The quantitative estimate of drug-likeness (QED) is 0.439. The largest absolute Gasteiger partial charge is 0.352 e. The fourth-order valence-corrected chi connectivity index (χ4v) is 3.24. The average molecular weight is 453 g/mol. The van der Waals surface area contributed by atoms with Crippen molar-refractivity contribution in [1.82, 2.24) is 19.8 Å². The molecule has 1 aromatic heterocycles. The zero-order valence-corrected chi connectivity index (χ0v) is 17.6. The maximum Gasteiger partial charge on any atom is 0.193 e. The minimum Gasteiger partial charge on any atom is -0.352 e. The molecule has 6 heteroatoms. The number of halogens is 1. The Morgan fingerprint density at radius 1 is 1.32 bits per heavy atom. The van der Waals surface area contributed by atoms with Crippen LogP contribution in [0.4, 0.5) is 0 Å². The van der Waals surface area contributed by atoms with E-state index in [0.717, 1.165) is 32.1 Å². The van der Waals surface area contributed by atoms with E-state index in [2.05, 4.69) is 62.9 Å². The second-order valence-electron chi connectivity index (χ2n) is 7.29. The molecule has 5 nitrogen and oxygen atoms in total. The molecule has 0 amide bonds. The lowest BCUT2D eigenvalue weighted by Gasteiger charge is -2.23. The van der Waals surface area contributed by atoms with Gasteiger partial charge in [0.1, 0.15) is 0 Å². The highest BCUT2D eigenvalue weighted by Gasteiger charge is 2.30. The monoisotopic (exact) mass is 453 g/mol. The standard InChI is InChI=1S/C19H27N5.HI/c1-19(2)7-9-24(14-19)18(20-3)22-12-16-5-4-6-17(11-16)13-23-10-8-21-15-23;/h4-6,8,10-11,15H,7,9,12-14H2,1-3H3,(H,20,22);1H. The van der Waals surface area contributed by atoms with Gasteiger partial charge < -0.3 is 14.8 Å². The first-order chi connectivity index (χ1) is 11.6. The normalized spacial score (nSPS) is 16.6. The molecule has 1 saturated heterocycles. The molecule has 1 aromatic carbocycles. The van der Waals surface area contributed by atoms with Gasteiger partial charge in [0.05, 0.1) is 6.33 Å².